The van der Waals surface area contributed by atoms with Gasteiger partial charge in [-0.15, -0.1) is 0 Å². The Labute approximate surface area is 360 Å². The Morgan fingerprint density at radius 3 is 0.561 bits per heavy atom. The number of rotatable bonds is 53. The Morgan fingerprint density at radius 2 is 0.351 bits per heavy atom. The highest BCUT2D eigenvalue weighted by molar-refractivity contribution is 4.62. The molecule has 0 aromatic heterocycles. The molecule has 57 heavy (non-hydrogen) atoms. The molecule has 0 saturated heterocycles. The number of hydrogen-bond acceptors (Lipinski definition) is 4. The monoisotopic (exact) mass is 809 g/mol. The van der Waals surface area contributed by atoms with Crippen molar-refractivity contribution in [3.05, 3.63) is 0 Å². The summed E-state index contributed by atoms with van der Waals surface area (Å²) in [7, 11) is 0. The molecule has 0 spiro atoms. The first-order valence-corrected chi connectivity index (χ1v) is 26.7. The molecule has 0 bridgehead atoms. The SMILES string of the molecule is CCCCCCCCCCOCCCCCCCC(CCCCCCCOCCCCCCC)CCCCCCCOCCCCCOCCCCCCCCC. The van der Waals surface area contributed by atoms with Crippen LogP contribution in [0, 0.1) is 5.92 Å². The van der Waals surface area contributed by atoms with Gasteiger partial charge in [0.1, 0.15) is 0 Å². The van der Waals surface area contributed by atoms with E-state index in [1.165, 1.54) is 263 Å². The first kappa shape index (κ1) is 56.8. The molecule has 344 valence electrons. The molecule has 0 saturated carbocycles. The second-order valence-corrected chi connectivity index (χ2v) is 18.1. The van der Waals surface area contributed by atoms with Crippen molar-refractivity contribution in [3.63, 3.8) is 0 Å². The molecule has 0 fully saturated rings. The third kappa shape index (κ3) is 51.9. The number of hydrogen-bond donors (Lipinski definition) is 0. The van der Waals surface area contributed by atoms with Gasteiger partial charge in [-0.1, -0.05) is 226 Å². The van der Waals surface area contributed by atoms with E-state index < -0.39 is 0 Å². The van der Waals surface area contributed by atoms with Gasteiger partial charge in [-0.3, -0.25) is 0 Å². The second kappa shape index (κ2) is 53.9. The summed E-state index contributed by atoms with van der Waals surface area (Å²) in [5, 5.41) is 0. The first-order valence-electron chi connectivity index (χ1n) is 26.7. The van der Waals surface area contributed by atoms with E-state index in [9.17, 15) is 0 Å². The zero-order chi connectivity index (χ0) is 41.1. The minimum atomic E-state index is 0.930. The smallest absolute Gasteiger partial charge is 0.0466 e. The van der Waals surface area contributed by atoms with E-state index in [0.29, 0.717) is 0 Å². The standard InChI is InChI=1S/C53H108O4/c1-4-7-10-13-15-17-26-36-46-55-49-38-28-19-22-32-43-53(42-31-21-18-27-37-48-54-45-34-24-12-9-6-3)44-33-23-20-29-39-50-57-52-41-30-40-51-56-47-35-25-16-14-11-8-5-2/h53H,4-52H2,1-3H3. The van der Waals surface area contributed by atoms with Crippen LogP contribution < -0.4 is 0 Å². The zero-order valence-corrected chi connectivity index (χ0v) is 39.9. The summed E-state index contributed by atoms with van der Waals surface area (Å²) in [5.41, 5.74) is 0. The molecule has 0 heterocycles. The first-order chi connectivity index (χ1) is 28.3. The summed E-state index contributed by atoms with van der Waals surface area (Å²) in [6.45, 7) is 14.5. The van der Waals surface area contributed by atoms with Crippen molar-refractivity contribution >= 4 is 0 Å². The Hall–Kier alpha value is -0.160. The molecular formula is C53H108O4. The average Bonchev–Trinajstić information content (AvgIpc) is 3.22. The molecule has 0 aromatic rings. The van der Waals surface area contributed by atoms with Crippen LogP contribution in [0.15, 0.2) is 0 Å². The second-order valence-electron chi connectivity index (χ2n) is 18.1. The lowest BCUT2D eigenvalue weighted by Gasteiger charge is -2.17. The summed E-state index contributed by atoms with van der Waals surface area (Å²) >= 11 is 0. The van der Waals surface area contributed by atoms with Gasteiger partial charge in [0.15, 0.2) is 0 Å². The van der Waals surface area contributed by atoms with Gasteiger partial charge in [-0.25, -0.2) is 0 Å². The molecule has 1 atom stereocenters. The van der Waals surface area contributed by atoms with E-state index in [0.717, 1.165) is 58.8 Å². The van der Waals surface area contributed by atoms with E-state index in [1.54, 1.807) is 0 Å². The van der Waals surface area contributed by atoms with Gasteiger partial charge in [0.25, 0.3) is 0 Å². The average molecular weight is 809 g/mol. The fraction of sp³-hybridized carbons (Fsp3) is 1.00. The lowest BCUT2D eigenvalue weighted by Crippen LogP contribution is -2.02. The van der Waals surface area contributed by atoms with Crippen LogP contribution in [0.4, 0.5) is 0 Å². The van der Waals surface area contributed by atoms with Crippen LogP contribution in [0.5, 0.6) is 0 Å². The highest BCUT2D eigenvalue weighted by Crippen LogP contribution is 2.25. The van der Waals surface area contributed by atoms with Gasteiger partial charge in [-0.2, -0.15) is 0 Å². The Morgan fingerprint density at radius 1 is 0.193 bits per heavy atom. The highest BCUT2D eigenvalue weighted by Gasteiger charge is 2.09. The van der Waals surface area contributed by atoms with Crippen molar-refractivity contribution < 1.29 is 18.9 Å². The molecular weight excluding hydrogens is 701 g/mol. The van der Waals surface area contributed by atoms with Crippen molar-refractivity contribution in [3.8, 4) is 0 Å². The summed E-state index contributed by atoms with van der Waals surface area (Å²) < 4.78 is 23.6. The Kier molecular flexibility index (Phi) is 53.7. The summed E-state index contributed by atoms with van der Waals surface area (Å²) in [5.74, 6) is 0.949. The third-order valence-electron chi connectivity index (χ3n) is 12.2. The normalized spacial score (nSPS) is 12.3. The molecule has 0 aliphatic heterocycles. The summed E-state index contributed by atoms with van der Waals surface area (Å²) in [6, 6.07) is 0. The van der Waals surface area contributed by atoms with Gasteiger partial charge >= 0.3 is 0 Å². The van der Waals surface area contributed by atoms with Gasteiger partial charge < -0.3 is 18.9 Å². The van der Waals surface area contributed by atoms with Crippen molar-refractivity contribution in [2.24, 2.45) is 5.92 Å². The minimum Gasteiger partial charge on any atom is -0.381 e. The van der Waals surface area contributed by atoms with Crippen molar-refractivity contribution in [2.45, 2.75) is 284 Å². The van der Waals surface area contributed by atoms with E-state index in [1.807, 2.05) is 0 Å². The van der Waals surface area contributed by atoms with Gasteiger partial charge in [0.2, 0.25) is 0 Å². The molecule has 0 rings (SSSR count). The van der Waals surface area contributed by atoms with Crippen LogP contribution in [0.25, 0.3) is 0 Å². The molecule has 0 aliphatic rings. The van der Waals surface area contributed by atoms with Gasteiger partial charge in [-0.05, 0) is 63.7 Å². The van der Waals surface area contributed by atoms with Crippen LogP contribution in [0.2, 0.25) is 0 Å². The van der Waals surface area contributed by atoms with Crippen LogP contribution in [0.1, 0.15) is 284 Å². The Bertz CT molecular complexity index is 671. The van der Waals surface area contributed by atoms with E-state index in [2.05, 4.69) is 20.8 Å². The molecule has 0 N–H and O–H groups in total. The summed E-state index contributed by atoms with van der Waals surface area (Å²) in [6.07, 6.45) is 55.7. The lowest BCUT2D eigenvalue weighted by molar-refractivity contribution is 0.111. The highest BCUT2D eigenvalue weighted by atomic mass is 16.5. The van der Waals surface area contributed by atoms with E-state index >= 15 is 0 Å². The lowest BCUT2D eigenvalue weighted by atomic mass is 9.89. The quantitative estimate of drug-likeness (QED) is 0.0574. The molecule has 0 amide bonds. The molecule has 0 radical (unpaired) electrons. The molecule has 4 nitrogen and oxygen atoms in total. The van der Waals surface area contributed by atoms with Gasteiger partial charge in [0, 0.05) is 52.9 Å². The summed E-state index contributed by atoms with van der Waals surface area (Å²) in [4.78, 5) is 0. The molecule has 4 heteroatoms. The molecule has 1 unspecified atom stereocenters. The number of ether oxygens (including phenoxy) is 4. The van der Waals surface area contributed by atoms with Gasteiger partial charge in [0.05, 0.1) is 0 Å². The van der Waals surface area contributed by atoms with Crippen molar-refractivity contribution in [2.75, 3.05) is 52.9 Å². The number of unbranched alkanes of at least 4 members (excludes halogenated alkanes) is 31. The van der Waals surface area contributed by atoms with E-state index in [-0.39, 0.29) is 0 Å². The van der Waals surface area contributed by atoms with Crippen molar-refractivity contribution in [1.29, 1.82) is 0 Å². The largest absolute Gasteiger partial charge is 0.381 e. The Balaban J connectivity index is 3.90. The van der Waals surface area contributed by atoms with Crippen LogP contribution in [-0.2, 0) is 18.9 Å². The van der Waals surface area contributed by atoms with Crippen LogP contribution in [0.3, 0.4) is 0 Å². The maximum atomic E-state index is 5.96. The topological polar surface area (TPSA) is 36.9 Å². The molecule has 0 aliphatic carbocycles. The van der Waals surface area contributed by atoms with Crippen molar-refractivity contribution in [1.82, 2.24) is 0 Å². The maximum Gasteiger partial charge on any atom is 0.0466 e. The van der Waals surface area contributed by atoms with Crippen LogP contribution in [-0.4, -0.2) is 52.9 Å². The van der Waals surface area contributed by atoms with E-state index in [4.69, 9.17) is 18.9 Å². The fourth-order valence-electron chi connectivity index (χ4n) is 8.24. The maximum absolute atomic E-state index is 5.96. The predicted molar refractivity (Wildman–Crippen MR) is 253 cm³/mol. The minimum absolute atomic E-state index is 0.930. The predicted octanol–water partition coefficient (Wildman–Crippen LogP) is 17.7. The fourth-order valence-corrected chi connectivity index (χ4v) is 8.24. The molecule has 0 aromatic carbocycles. The zero-order valence-electron chi connectivity index (χ0n) is 39.9. The van der Waals surface area contributed by atoms with Crippen LogP contribution >= 0.6 is 0 Å². The third-order valence-corrected chi connectivity index (χ3v) is 12.2.